The molecule has 1 unspecified atom stereocenters. The number of thiophene rings is 1. The van der Waals surface area contributed by atoms with Crippen molar-refractivity contribution in [3.05, 3.63) is 40.6 Å². The first-order valence-electron chi connectivity index (χ1n) is 6.56. The Hall–Kier alpha value is -1.17. The van der Waals surface area contributed by atoms with E-state index < -0.39 is 0 Å². The molecule has 2 aromatic heterocycles. The molecule has 2 aromatic rings. The lowest BCUT2D eigenvalue weighted by Crippen LogP contribution is -2.37. The van der Waals surface area contributed by atoms with Gasteiger partial charge in [0.25, 0.3) is 0 Å². The van der Waals surface area contributed by atoms with E-state index in [0.29, 0.717) is 6.04 Å². The molecule has 0 aliphatic rings. The Morgan fingerprint density at radius 1 is 1.53 bits per heavy atom. The Kier molecular flexibility index (Phi) is 5.13. The highest BCUT2D eigenvalue weighted by Crippen LogP contribution is 2.08. The quantitative estimate of drug-likeness (QED) is 0.842. The summed E-state index contributed by atoms with van der Waals surface area (Å²) < 4.78 is 2.07. The van der Waals surface area contributed by atoms with E-state index in [9.17, 15) is 0 Å². The summed E-state index contributed by atoms with van der Waals surface area (Å²) in [5.41, 5.74) is 0. The lowest BCUT2D eigenvalue weighted by Gasteiger charge is -2.24. The molecule has 104 valence electrons. The average Bonchev–Trinajstić information content (AvgIpc) is 3.02. The maximum atomic E-state index is 4.36. The molecule has 1 atom stereocenters. The van der Waals surface area contributed by atoms with Crippen LogP contribution in [0.5, 0.6) is 0 Å². The average molecular weight is 278 g/mol. The van der Waals surface area contributed by atoms with Crippen molar-refractivity contribution in [3.8, 4) is 0 Å². The number of aryl methyl sites for hydroxylation is 1. The van der Waals surface area contributed by atoms with Gasteiger partial charge >= 0.3 is 0 Å². The number of nitrogens with one attached hydrogen (secondary N) is 1. The van der Waals surface area contributed by atoms with Crippen LogP contribution >= 0.6 is 11.3 Å². The van der Waals surface area contributed by atoms with Crippen molar-refractivity contribution in [2.75, 3.05) is 13.6 Å². The van der Waals surface area contributed by atoms with Crippen molar-refractivity contribution < 1.29 is 0 Å². The van der Waals surface area contributed by atoms with Crippen molar-refractivity contribution in [2.24, 2.45) is 7.05 Å². The molecule has 4 nitrogen and oxygen atoms in total. The Morgan fingerprint density at radius 2 is 2.37 bits per heavy atom. The van der Waals surface area contributed by atoms with Crippen LogP contribution in [0.4, 0.5) is 0 Å². The molecule has 1 N–H and O–H groups in total. The van der Waals surface area contributed by atoms with Gasteiger partial charge in [-0.25, -0.2) is 4.98 Å². The zero-order valence-electron chi connectivity index (χ0n) is 11.8. The molecule has 5 heteroatoms. The first-order valence-corrected chi connectivity index (χ1v) is 7.44. The van der Waals surface area contributed by atoms with Crippen LogP contribution in [-0.4, -0.2) is 34.1 Å². The molecule has 0 radical (unpaired) electrons. The molecular weight excluding hydrogens is 256 g/mol. The maximum Gasteiger partial charge on any atom is 0.122 e. The zero-order valence-corrected chi connectivity index (χ0v) is 12.7. The lowest BCUT2D eigenvalue weighted by atomic mass is 10.3. The van der Waals surface area contributed by atoms with E-state index in [1.54, 1.807) is 11.3 Å². The van der Waals surface area contributed by atoms with Gasteiger partial charge in [-0.15, -0.1) is 11.3 Å². The number of likely N-dealkylation sites (N-methyl/N-ethyl adjacent to an activating group) is 1. The van der Waals surface area contributed by atoms with Gasteiger partial charge in [-0.1, -0.05) is 6.07 Å². The molecule has 0 amide bonds. The highest BCUT2D eigenvalue weighted by molar-refractivity contribution is 7.09. The fraction of sp³-hybridized carbons (Fsp3) is 0.500. The van der Waals surface area contributed by atoms with E-state index in [0.717, 1.165) is 25.5 Å². The number of hydrogen-bond donors (Lipinski definition) is 1. The van der Waals surface area contributed by atoms with Crippen molar-refractivity contribution in [1.29, 1.82) is 0 Å². The summed E-state index contributed by atoms with van der Waals surface area (Å²) in [6, 6.07) is 4.75. The number of imidazole rings is 1. The van der Waals surface area contributed by atoms with E-state index in [4.69, 9.17) is 0 Å². The number of rotatable bonds is 7. The Morgan fingerprint density at radius 3 is 3.00 bits per heavy atom. The van der Waals surface area contributed by atoms with Gasteiger partial charge in [-0.3, -0.25) is 4.90 Å². The van der Waals surface area contributed by atoms with Crippen LogP contribution < -0.4 is 5.32 Å². The van der Waals surface area contributed by atoms with Gasteiger partial charge < -0.3 is 9.88 Å². The third-order valence-electron chi connectivity index (χ3n) is 3.38. The number of aromatic nitrogens is 2. The minimum atomic E-state index is 0.483. The monoisotopic (exact) mass is 278 g/mol. The molecule has 0 fully saturated rings. The standard InChI is InChI=1S/C14H22N4S/c1-12(9-15-10-13-5-4-8-19-13)18(3)11-14-16-6-7-17(14)2/h4-8,12,15H,9-11H2,1-3H3. The summed E-state index contributed by atoms with van der Waals surface area (Å²) in [7, 11) is 4.18. The fourth-order valence-corrected chi connectivity index (χ4v) is 2.58. The fourth-order valence-electron chi connectivity index (χ4n) is 1.90. The molecule has 2 rings (SSSR count). The van der Waals surface area contributed by atoms with Crippen LogP contribution in [0, 0.1) is 0 Å². The van der Waals surface area contributed by atoms with Crippen LogP contribution in [0.1, 0.15) is 17.6 Å². The van der Waals surface area contributed by atoms with Gasteiger partial charge in [0.1, 0.15) is 5.82 Å². The topological polar surface area (TPSA) is 33.1 Å². The maximum absolute atomic E-state index is 4.36. The summed E-state index contributed by atoms with van der Waals surface area (Å²) in [6.45, 7) is 5.06. The molecule has 2 heterocycles. The minimum Gasteiger partial charge on any atom is -0.337 e. The van der Waals surface area contributed by atoms with Crippen LogP contribution in [0.25, 0.3) is 0 Å². The van der Waals surface area contributed by atoms with Crippen LogP contribution in [0.3, 0.4) is 0 Å². The van der Waals surface area contributed by atoms with Crippen LogP contribution in [0.2, 0.25) is 0 Å². The first kappa shape index (κ1) is 14.2. The largest absolute Gasteiger partial charge is 0.337 e. The van der Waals surface area contributed by atoms with E-state index >= 15 is 0 Å². The predicted octanol–water partition coefficient (Wildman–Crippen LogP) is 2.09. The summed E-state index contributed by atoms with van der Waals surface area (Å²) in [4.78, 5) is 8.07. The van der Waals surface area contributed by atoms with E-state index in [2.05, 4.69) is 51.3 Å². The molecule has 0 aliphatic heterocycles. The van der Waals surface area contributed by atoms with E-state index in [1.807, 2.05) is 19.4 Å². The first-order chi connectivity index (χ1) is 9.16. The second-order valence-corrected chi connectivity index (χ2v) is 5.96. The highest BCUT2D eigenvalue weighted by atomic mass is 32.1. The Bertz CT molecular complexity index is 477. The van der Waals surface area contributed by atoms with Gasteiger partial charge in [-0.05, 0) is 25.4 Å². The zero-order chi connectivity index (χ0) is 13.7. The molecule has 0 saturated heterocycles. The van der Waals surface area contributed by atoms with Crippen molar-refractivity contribution in [3.63, 3.8) is 0 Å². The van der Waals surface area contributed by atoms with Crippen molar-refractivity contribution >= 4 is 11.3 Å². The van der Waals surface area contributed by atoms with E-state index in [-0.39, 0.29) is 0 Å². The van der Waals surface area contributed by atoms with Crippen molar-refractivity contribution in [1.82, 2.24) is 19.8 Å². The number of hydrogen-bond acceptors (Lipinski definition) is 4. The summed E-state index contributed by atoms with van der Waals surface area (Å²) >= 11 is 1.80. The second kappa shape index (κ2) is 6.84. The van der Waals surface area contributed by atoms with Crippen LogP contribution in [0.15, 0.2) is 29.9 Å². The van der Waals surface area contributed by atoms with E-state index in [1.165, 1.54) is 4.88 Å². The lowest BCUT2D eigenvalue weighted by molar-refractivity contribution is 0.235. The summed E-state index contributed by atoms with van der Waals surface area (Å²) in [5.74, 6) is 1.10. The van der Waals surface area contributed by atoms with Gasteiger partial charge in [0.15, 0.2) is 0 Å². The van der Waals surface area contributed by atoms with Gasteiger partial charge in [0, 0.05) is 43.4 Å². The summed E-state index contributed by atoms with van der Waals surface area (Å²) in [6.07, 6.45) is 3.84. The molecule has 19 heavy (non-hydrogen) atoms. The highest BCUT2D eigenvalue weighted by Gasteiger charge is 2.11. The smallest absolute Gasteiger partial charge is 0.122 e. The SMILES string of the molecule is CC(CNCc1cccs1)N(C)Cc1nccn1C. The minimum absolute atomic E-state index is 0.483. The molecule has 0 aliphatic carbocycles. The Balaban J connectivity index is 1.73. The second-order valence-electron chi connectivity index (χ2n) is 4.93. The third kappa shape index (κ3) is 4.16. The third-order valence-corrected chi connectivity index (χ3v) is 4.26. The normalized spacial score (nSPS) is 13.1. The molecule has 0 bridgehead atoms. The predicted molar refractivity (Wildman–Crippen MR) is 80.2 cm³/mol. The number of nitrogens with zero attached hydrogens (tertiary/aromatic N) is 3. The Labute approximate surface area is 119 Å². The van der Waals surface area contributed by atoms with Gasteiger partial charge in [0.2, 0.25) is 0 Å². The van der Waals surface area contributed by atoms with Gasteiger partial charge in [-0.2, -0.15) is 0 Å². The summed E-state index contributed by atoms with van der Waals surface area (Å²) in [5, 5.41) is 5.62. The molecule has 0 aromatic carbocycles. The molecule has 0 saturated carbocycles. The van der Waals surface area contributed by atoms with Gasteiger partial charge in [0.05, 0.1) is 6.54 Å². The molecule has 0 spiro atoms. The van der Waals surface area contributed by atoms with Crippen molar-refractivity contribution in [2.45, 2.75) is 26.1 Å². The van der Waals surface area contributed by atoms with Crippen LogP contribution in [-0.2, 0) is 20.1 Å². The molecular formula is C14H22N4S.